The van der Waals surface area contributed by atoms with Crippen LogP contribution in [0, 0.1) is 0 Å². The third-order valence-corrected chi connectivity index (χ3v) is 4.46. The molecule has 96 valence electrons. The molecule has 0 saturated carbocycles. The van der Waals surface area contributed by atoms with Gasteiger partial charge in [-0.15, -0.1) is 0 Å². The summed E-state index contributed by atoms with van der Waals surface area (Å²) in [7, 11) is -2.06. The summed E-state index contributed by atoms with van der Waals surface area (Å²) in [5.41, 5.74) is 0. The molecule has 0 aromatic heterocycles. The van der Waals surface area contributed by atoms with Crippen LogP contribution in [0.3, 0.4) is 0 Å². The number of methoxy groups -OCH3 is 1. The van der Waals surface area contributed by atoms with Gasteiger partial charge in [-0.25, -0.2) is 13.1 Å². The average molecular weight is 298 g/mol. The van der Waals surface area contributed by atoms with Gasteiger partial charge >= 0.3 is 0 Å². The number of ether oxygens (including phenoxy) is 1. The zero-order chi connectivity index (χ0) is 12.9. The van der Waals surface area contributed by atoms with Crippen molar-refractivity contribution in [3.05, 3.63) is 28.2 Å². The first-order valence-electron chi connectivity index (χ1n) is 4.91. The minimum atomic E-state index is -3.62. The molecule has 0 saturated heterocycles. The Morgan fingerprint density at radius 1 is 1.35 bits per heavy atom. The van der Waals surface area contributed by atoms with E-state index in [-0.39, 0.29) is 14.9 Å². The molecule has 0 aliphatic heterocycles. The molecule has 4 nitrogen and oxygen atoms in total. The van der Waals surface area contributed by atoms with Gasteiger partial charge in [-0.05, 0) is 18.6 Å². The van der Waals surface area contributed by atoms with Gasteiger partial charge < -0.3 is 4.74 Å². The third-order valence-electron chi connectivity index (χ3n) is 2.02. The number of rotatable bonds is 6. The van der Waals surface area contributed by atoms with E-state index in [1.807, 2.05) is 0 Å². The molecule has 1 N–H and O–H groups in total. The standard InChI is InChI=1S/C10H13Cl2NO3S/c1-16-7-3-6-13-17(14,15)9-5-2-4-8(11)10(9)12/h2,4-5,13H,3,6-7H2,1H3. The Morgan fingerprint density at radius 3 is 2.71 bits per heavy atom. The van der Waals surface area contributed by atoms with Gasteiger partial charge in [0.1, 0.15) is 4.90 Å². The van der Waals surface area contributed by atoms with Gasteiger partial charge in [0, 0.05) is 20.3 Å². The first kappa shape index (κ1) is 14.7. The molecule has 0 atom stereocenters. The van der Waals surface area contributed by atoms with Crippen LogP contribution in [0.25, 0.3) is 0 Å². The van der Waals surface area contributed by atoms with Gasteiger partial charge in [0.2, 0.25) is 10.0 Å². The van der Waals surface area contributed by atoms with Gasteiger partial charge in [0.15, 0.2) is 0 Å². The van der Waals surface area contributed by atoms with Crippen LogP contribution in [0.5, 0.6) is 0 Å². The van der Waals surface area contributed by atoms with E-state index in [0.29, 0.717) is 19.6 Å². The first-order chi connectivity index (χ1) is 7.99. The molecule has 0 spiro atoms. The zero-order valence-corrected chi connectivity index (χ0v) is 11.6. The van der Waals surface area contributed by atoms with Crippen LogP contribution in [0.2, 0.25) is 10.0 Å². The van der Waals surface area contributed by atoms with Crippen LogP contribution in [0.15, 0.2) is 23.1 Å². The van der Waals surface area contributed by atoms with Gasteiger partial charge in [-0.2, -0.15) is 0 Å². The molecule has 0 radical (unpaired) electrons. The summed E-state index contributed by atoms with van der Waals surface area (Å²) in [4.78, 5) is -0.0101. The third kappa shape index (κ3) is 4.12. The summed E-state index contributed by atoms with van der Waals surface area (Å²) < 4.78 is 31.0. The van der Waals surface area contributed by atoms with Crippen LogP contribution >= 0.6 is 23.2 Å². The highest BCUT2D eigenvalue weighted by molar-refractivity contribution is 7.89. The van der Waals surface area contributed by atoms with Crippen molar-refractivity contribution in [2.24, 2.45) is 0 Å². The molecule has 0 bridgehead atoms. The number of hydrogen-bond acceptors (Lipinski definition) is 3. The van der Waals surface area contributed by atoms with E-state index in [4.69, 9.17) is 27.9 Å². The van der Waals surface area contributed by atoms with E-state index < -0.39 is 10.0 Å². The van der Waals surface area contributed by atoms with Crippen molar-refractivity contribution in [2.45, 2.75) is 11.3 Å². The predicted molar refractivity (Wildman–Crippen MR) is 68.1 cm³/mol. The number of nitrogens with one attached hydrogen (secondary N) is 1. The average Bonchev–Trinajstić information content (AvgIpc) is 2.28. The fourth-order valence-corrected chi connectivity index (χ4v) is 3.03. The first-order valence-corrected chi connectivity index (χ1v) is 7.15. The lowest BCUT2D eigenvalue weighted by Gasteiger charge is -2.08. The second-order valence-electron chi connectivity index (χ2n) is 3.30. The van der Waals surface area contributed by atoms with E-state index in [0.717, 1.165) is 0 Å². The van der Waals surface area contributed by atoms with Crippen molar-refractivity contribution in [1.82, 2.24) is 4.72 Å². The summed E-state index contributed by atoms with van der Waals surface area (Å²) in [5, 5.41) is 0.250. The molecule has 17 heavy (non-hydrogen) atoms. The van der Waals surface area contributed by atoms with E-state index in [2.05, 4.69) is 4.72 Å². The number of benzene rings is 1. The van der Waals surface area contributed by atoms with Gasteiger partial charge in [0.25, 0.3) is 0 Å². The molecule has 0 amide bonds. The van der Waals surface area contributed by atoms with Gasteiger partial charge in [-0.3, -0.25) is 0 Å². The largest absolute Gasteiger partial charge is 0.385 e. The van der Waals surface area contributed by atoms with Crippen molar-refractivity contribution < 1.29 is 13.2 Å². The Hall–Kier alpha value is -0.330. The number of hydrogen-bond donors (Lipinski definition) is 1. The van der Waals surface area contributed by atoms with Crippen LogP contribution < -0.4 is 4.72 Å². The molecule has 0 unspecified atom stereocenters. The smallest absolute Gasteiger partial charge is 0.242 e. The lowest BCUT2D eigenvalue weighted by Crippen LogP contribution is -2.25. The SMILES string of the molecule is COCCCNS(=O)(=O)c1cccc(Cl)c1Cl. The molecule has 1 aromatic carbocycles. The topological polar surface area (TPSA) is 55.4 Å². The highest BCUT2D eigenvalue weighted by atomic mass is 35.5. The Kier molecular flexibility index (Phi) is 5.69. The molecule has 0 aliphatic rings. The maximum absolute atomic E-state index is 11.9. The van der Waals surface area contributed by atoms with Crippen molar-refractivity contribution in [1.29, 1.82) is 0 Å². The number of sulfonamides is 1. The molecule has 1 rings (SSSR count). The summed E-state index contributed by atoms with van der Waals surface area (Å²) >= 11 is 11.6. The van der Waals surface area contributed by atoms with Crippen molar-refractivity contribution in [3.63, 3.8) is 0 Å². The fraction of sp³-hybridized carbons (Fsp3) is 0.400. The fourth-order valence-electron chi connectivity index (χ4n) is 1.19. The molecule has 0 fully saturated rings. The van der Waals surface area contributed by atoms with Crippen LogP contribution in [0.1, 0.15) is 6.42 Å². The minimum Gasteiger partial charge on any atom is -0.385 e. The van der Waals surface area contributed by atoms with Crippen LogP contribution in [0.4, 0.5) is 0 Å². The summed E-state index contributed by atoms with van der Waals surface area (Å²) in [6.07, 6.45) is 0.591. The van der Waals surface area contributed by atoms with E-state index >= 15 is 0 Å². The van der Waals surface area contributed by atoms with Crippen LogP contribution in [-0.2, 0) is 14.8 Å². The highest BCUT2D eigenvalue weighted by Gasteiger charge is 2.18. The molecule has 7 heteroatoms. The predicted octanol–water partition coefficient (Wildman–Crippen LogP) is 2.31. The van der Waals surface area contributed by atoms with E-state index in [1.54, 1.807) is 7.11 Å². The number of halogens is 2. The Balaban J connectivity index is 2.79. The van der Waals surface area contributed by atoms with Gasteiger partial charge in [0.05, 0.1) is 10.0 Å². The monoisotopic (exact) mass is 297 g/mol. The Labute approximate surface area is 111 Å². The summed E-state index contributed by atoms with van der Waals surface area (Å²) in [6, 6.07) is 4.48. The second-order valence-corrected chi connectivity index (χ2v) is 5.82. The maximum atomic E-state index is 11.9. The molecule has 1 aromatic rings. The van der Waals surface area contributed by atoms with E-state index in [1.165, 1.54) is 18.2 Å². The van der Waals surface area contributed by atoms with Gasteiger partial charge in [-0.1, -0.05) is 29.3 Å². The molecule has 0 aliphatic carbocycles. The summed E-state index contributed by atoms with van der Waals surface area (Å²) in [6.45, 7) is 0.783. The zero-order valence-electron chi connectivity index (χ0n) is 9.24. The van der Waals surface area contributed by atoms with Crippen molar-refractivity contribution in [3.8, 4) is 0 Å². The van der Waals surface area contributed by atoms with Crippen molar-refractivity contribution >= 4 is 33.2 Å². The molecular weight excluding hydrogens is 285 g/mol. The molecular formula is C10H13Cl2NO3S. The Bertz CT molecular complexity index is 476. The lowest BCUT2D eigenvalue weighted by atomic mass is 10.4. The minimum absolute atomic E-state index is 0.0101. The maximum Gasteiger partial charge on any atom is 0.242 e. The second kappa shape index (κ2) is 6.56. The summed E-state index contributed by atoms with van der Waals surface area (Å²) in [5.74, 6) is 0. The quantitative estimate of drug-likeness (QED) is 0.820. The highest BCUT2D eigenvalue weighted by Crippen LogP contribution is 2.28. The van der Waals surface area contributed by atoms with Crippen LogP contribution in [-0.4, -0.2) is 28.7 Å². The molecule has 0 heterocycles. The normalized spacial score (nSPS) is 11.7. The van der Waals surface area contributed by atoms with E-state index in [9.17, 15) is 8.42 Å². The lowest BCUT2D eigenvalue weighted by molar-refractivity contribution is 0.196. The Morgan fingerprint density at radius 2 is 2.06 bits per heavy atom. The van der Waals surface area contributed by atoms with Crippen molar-refractivity contribution in [2.75, 3.05) is 20.3 Å².